The van der Waals surface area contributed by atoms with Gasteiger partial charge in [-0.1, -0.05) is 48.5 Å². The molecule has 0 spiro atoms. The molecule has 3 nitrogen and oxygen atoms in total. The van der Waals surface area contributed by atoms with Gasteiger partial charge in [0.25, 0.3) is 0 Å². The molecule has 0 saturated carbocycles. The lowest BCUT2D eigenvalue weighted by atomic mass is 9.96. The molecule has 124 valence electrons. The van der Waals surface area contributed by atoms with Crippen molar-refractivity contribution in [2.45, 2.75) is 32.4 Å². The van der Waals surface area contributed by atoms with Gasteiger partial charge in [0.15, 0.2) is 0 Å². The van der Waals surface area contributed by atoms with E-state index >= 15 is 0 Å². The van der Waals surface area contributed by atoms with Gasteiger partial charge in [-0.05, 0) is 42.0 Å². The SMILES string of the molecule is Cc1ccccc1-c1ccc(CN2C[C@@H]3CC[C@H](C2)C(=O)N3)cc1. The van der Waals surface area contributed by atoms with E-state index in [1.54, 1.807) is 0 Å². The predicted molar refractivity (Wildman–Crippen MR) is 96.5 cm³/mol. The molecule has 0 radical (unpaired) electrons. The Hall–Kier alpha value is -2.13. The van der Waals surface area contributed by atoms with Crippen LogP contribution in [-0.2, 0) is 11.3 Å². The Labute approximate surface area is 143 Å². The fourth-order valence-corrected chi connectivity index (χ4v) is 4.01. The van der Waals surface area contributed by atoms with E-state index in [-0.39, 0.29) is 11.8 Å². The number of aryl methyl sites for hydroxylation is 1. The van der Waals surface area contributed by atoms with Crippen molar-refractivity contribution >= 4 is 5.91 Å². The zero-order valence-electron chi connectivity index (χ0n) is 14.2. The maximum atomic E-state index is 12.0. The highest BCUT2D eigenvalue weighted by atomic mass is 16.2. The van der Waals surface area contributed by atoms with E-state index in [2.05, 4.69) is 65.7 Å². The lowest BCUT2D eigenvalue weighted by Gasteiger charge is -2.23. The molecule has 24 heavy (non-hydrogen) atoms. The summed E-state index contributed by atoms with van der Waals surface area (Å²) in [5.74, 6) is 0.429. The normalized spacial score (nSPS) is 23.8. The maximum Gasteiger partial charge on any atom is 0.224 e. The maximum absolute atomic E-state index is 12.0. The molecule has 2 atom stereocenters. The van der Waals surface area contributed by atoms with E-state index in [1.165, 1.54) is 22.3 Å². The van der Waals surface area contributed by atoms with Gasteiger partial charge in [-0.3, -0.25) is 9.69 Å². The first kappa shape index (κ1) is 15.4. The van der Waals surface area contributed by atoms with Crippen molar-refractivity contribution in [2.24, 2.45) is 5.92 Å². The van der Waals surface area contributed by atoms with Gasteiger partial charge < -0.3 is 5.32 Å². The molecule has 5 rings (SSSR count). The first-order valence-corrected chi connectivity index (χ1v) is 8.87. The monoisotopic (exact) mass is 320 g/mol. The number of amides is 1. The summed E-state index contributed by atoms with van der Waals surface area (Å²) in [6, 6.07) is 17.7. The molecule has 1 N–H and O–H groups in total. The Bertz CT molecular complexity index is 738. The van der Waals surface area contributed by atoms with Gasteiger partial charge in [0.2, 0.25) is 5.91 Å². The Balaban J connectivity index is 1.48. The average molecular weight is 320 g/mol. The van der Waals surface area contributed by atoms with E-state index in [1.807, 2.05) is 0 Å². The minimum absolute atomic E-state index is 0.176. The summed E-state index contributed by atoms with van der Waals surface area (Å²) in [6.45, 7) is 4.94. The van der Waals surface area contributed by atoms with Crippen molar-refractivity contribution in [3.8, 4) is 11.1 Å². The topological polar surface area (TPSA) is 32.3 Å². The number of carbonyl (C=O) groups excluding carboxylic acids is 1. The largest absolute Gasteiger partial charge is 0.352 e. The Kier molecular flexibility index (Phi) is 4.11. The molecule has 3 aliphatic rings. The highest BCUT2D eigenvalue weighted by Gasteiger charge is 2.34. The van der Waals surface area contributed by atoms with Gasteiger partial charge in [0.05, 0.1) is 5.92 Å². The van der Waals surface area contributed by atoms with Crippen molar-refractivity contribution in [3.63, 3.8) is 0 Å². The third-order valence-corrected chi connectivity index (χ3v) is 5.35. The lowest BCUT2D eigenvalue weighted by molar-refractivity contribution is -0.126. The Morgan fingerprint density at radius 1 is 1.04 bits per heavy atom. The molecule has 2 aromatic rings. The molecular weight excluding hydrogens is 296 g/mol. The molecule has 0 aliphatic carbocycles. The minimum Gasteiger partial charge on any atom is -0.352 e. The van der Waals surface area contributed by atoms with E-state index in [9.17, 15) is 4.79 Å². The second kappa shape index (κ2) is 6.40. The van der Waals surface area contributed by atoms with Crippen LogP contribution in [0.5, 0.6) is 0 Å². The minimum atomic E-state index is 0.176. The van der Waals surface area contributed by atoms with E-state index < -0.39 is 0 Å². The first-order chi connectivity index (χ1) is 11.7. The molecule has 3 fully saturated rings. The molecule has 1 amide bonds. The van der Waals surface area contributed by atoms with E-state index in [0.29, 0.717) is 6.04 Å². The molecule has 0 aromatic heterocycles. The number of hydrogen-bond acceptors (Lipinski definition) is 2. The van der Waals surface area contributed by atoms with Crippen molar-refractivity contribution in [1.82, 2.24) is 10.2 Å². The third kappa shape index (κ3) is 3.09. The smallest absolute Gasteiger partial charge is 0.224 e. The van der Waals surface area contributed by atoms with Gasteiger partial charge in [-0.15, -0.1) is 0 Å². The number of benzene rings is 2. The molecule has 3 heterocycles. The van der Waals surface area contributed by atoms with Gasteiger partial charge >= 0.3 is 0 Å². The predicted octanol–water partition coefficient (Wildman–Crippen LogP) is 3.37. The first-order valence-electron chi connectivity index (χ1n) is 8.87. The molecule has 2 bridgehead atoms. The summed E-state index contributed by atoms with van der Waals surface area (Å²) < 4.78 is 0. The van der Waals surface area contributed by atoms with E-state index in [4.69, 9.17) is 0 Å². The van der Waals surface area contributed by atoms with E-state index in [0.717, 1.165) is 32.5 Å². The fourth-order valence-electron chi connectivity index (χ4n) is 4.01. The number of hydrogen-bond donors (Lipinski definition) is 1. The molecule has 3 heteroatoms. The van der Waals surface area contributed by atoms with Crippen LogP contribution in [-0.4, -0.2) is 29.9 Å². The number of nitrogens with one attached hydrogen (secondary N) is 1. The van der Waals surface area contributed by atoms with Crippen LogP contribution >= 0.6 is 0 Å². The van der Waals surface area contributed by atoms with Crippen LogP contribution in [0.1, 0.15) is 24.0 Å². The second-order valence-corrected chi connectivity index (χ2v) is 7.19. The van der Waals surface area contributed by atoms with Crippen LogP contribution in [0.2, 0.25) is 0 Å². The highest BCUT2D eigenvalue weighted by Crippen LogP contribution is 2.26. The third-order valence-electron chi connectivity index (χ3n) is 5.35. The molecule has 2 aromatic carbocycles. The number of piperidine rings is 1. The van der Waals surface area contributed by atoms with Crippen LogP contribution in [0.25, 0.3) is 11.1 Å². The second-order valence-electron chi connectivity index (χ2n) is 7.19. The van der Waals surface area contributed by atoms with Crippen LogP contribution < -0.4 is 5.32 Å². The summed E-state index contributed by atoms with van der Waals surface area (Å²) in [5.41, 5.74) is 5.19. The summed E-state index contributed by atoms with van der Waals surface area (Å²) in [7, 11) is 0. The van der Waals surface area contributed by atoms with Crippen molar-refractivity contribution < 1.29 is 4.79 Å². The fraction of sp³-hybridized carbons (Fsp3) is 0.381. The number of carbonyl (C=O) groups is 1. The Morgan fingerprint density at radius 2 is 1.83 bits per heavy atom. The van der Waals surface area contributed by atoms with Crippen LogP contribution in [0.4, 0.5) is 0 Å². The summed E-state index contributed by atoms with van der Waals surface area (Å²) >= 11 is 0. The van der Waals surface area contributed by atoms with Gasteiger partial charge in [-0.2, -0.15) is 0 Å². The van der Waals surface area contributed by atoms with Crippen LogP contribution in [0.3, 0.4) is 0 Å². The number of rotatable bonds is 3. The number of nitrogens with zero attached hydrogens (tertiary/aromatic N) is 1. The van der Waals surface area contributed by atoms with Crippen molar-refractivity contribution in [3.05, 3.63) is 59.7 Å². The molecule has 3 aliphatic heterocycles. The molecule has 3 saturated heterocycles. The lowest BCUT2D eigenvalue weighted by Crippen LogP contribution is -2.43. The highest BCUT2D eigenvalue weighted by molar-refractivity contribution is 5.80. The standard InChI is InChI=1S/C21H24N2O/c1-15-4-2-3-5-20(15)17-8-6-16(7-9-17)12-23-13-18-10-11-19(14-23)22-21(18)24/h2-9,18-19H,10-14H2,1H3,(H,22,24)/t18-,19+/m1/s1. The van der Waals surface area contributed by atoms with Crippen LogP contribution in [0, 0.1) is 12.8 Å². The molecular formula is C21H24N2O. The van der Waals surface area contributed by atoms with Crippen molar-refractivity contribution in [2.75, 3.05) is 13.1 Å². The zero-order valence-corrected chi connectivity index (χ0v) is 14.2. The summed E-state index contributed by atoms with van der Waals surface area (Å²) in [4.78, 5) is 14.4. The van der Waals surface area contributed by atoms with Crippen LogP contribution in [0.15, 0.2) is 48.5 Å². The van der Waals surface area contributed by atoms with Gasteiger partial charge in [0, 0.05) is 25.7 Å². The summed E-state index contributed by atoms with van der Waals surface area (Å²) in [5, 5.41) is 3.15. The average Bonchev–Trinajstić information content (AvgIpc) is 2.86. The van der Waals surface area contributed by atoms with Crippen molar-refractivity contribution in [1.29, 1.82) is 0 Å². The van der Waals surface area contributed by atoms with Gasteiger partial charge in [-0.25, -0.2) is 0 Å². The number of fused-ring (bicyclic) bond motifs is 4. The summed E-state index contributed by atoms with van der Waals surface area (Å²) in [6.07, 6.45) is 2.17. The zero-order chi connectivity index (χ0) is 16.5. The quantitative estimate of drug-likeness (QED) is 0.940. The van der Waals surface area contributed by atoms with Gasteiger partial charge in [0.1, 0.15) is 0 Å². The molecule has 0 unspecified atom stereocenters. The Morgan fingerprint density at radius 3 is 2.58 bits per heavy atom.